The van der Waals surface area contributed by atoms with Gasteiger partial charge in [-0.1, -0.05) is 6.08 Å². The van der Waals surface area contributed by atoms with E-state index in [0.29, 0.717) is 30.2 Å². The molecule has 0 saturated heterocycles. The first-order valence-electron chi connectivity index (χ1n) is 7.69. The minimum absolute atomic E-state index is 0.0535. The number of carbonyl (C=O) groups excluding carboxylic acids is 1. The molecule has 0 saturated carbocycles. The molecular formula is C18H27NO4. The van der Waals surface area contributed by atoms with E-state index in [0.717, 1.165) is 12.0 Å². The molecule has 1 atom stereocenters. The van der Waals surface area contributed by atoms with E-state index in [2.05, 4.69) is 6.58 Å². The molecule has 5 nitrogen and oxygen atoms in total. The summed E-state index contributed by atoms with van der Waals surface area (Å²) in [7, 11) is 4.77. The van der Waals surface area contributed by atoms with Gasteiger partial charge in [0, 0.05) is 19.5 Å². The number of ether oxygens (including phenoxy) is 3. The van der Waals surface area contributed by atoms with E-state index >= 15 is 0 Å². The molecule has 0 N–H and O–H groups in total. The topological polar surface area (TPSA) is 48.0 Å². The van der Waals surface area contributed by atoms with E-state index in [1.807, 2.05) is 30.0 Å². The zero-order valence-electron chi connectivity index (χ0n) is 14.7. The number of carbonyl (C=O) groups is 1. The highest BCUT2D eigenvalue weighted by molar-refractivity contribution is 5.73. The highest BCUT2D eigenvalue weighted by Crippen LogP contribution is 2.38. The van der Waals surface area contributed by atoms with Gasteiger partial charge in [0.2, 0.25) is 11.7 Å². The van der Waals surface area contributed by atoms with Gasteiger partial charge in [-0.3, -0.25) is 4.79 Å². The van der Waals surface area contributed by atoms with Crippen LogP contribution in [0.25, 0.3) is 0 Å². The molecule has 0 spiro atoms. The van der Waals surface area contributed by atoms with Gasteiger partial charge in [-0.2, -0.15) is 0 Å². The van der Waals surface area contributed by atoms with Crippen molar-refractivity contribution in [2.45, 2.75) is 32.7 Å². The fourth-order valence-electron chi connectivity index (χ4n) is 2.78. The number of rotatable bonds is 9. The van der Waals surface area contributed by atoms with Gasteiger partial charge >= 0.3 is 0 Å². The van der Waals surface area contributed by atoms with Crippen LogP contribution in [0, 0.1) is 0 Å². The maximum atomic E-state index is 11.9. The lowest BCUT2D eigenvalue weighted by Gasteiger charge is -2.29. The molecule has 1 aromatic carbocycles. The maximum Gasteiger partial charge on any atom is 0.219 e. The average Bonchev–Trinajstić information content (AvgIpc) is 2.54. The second-order valence-corrected chi connectivity index (χ2v) is 5.22. The van der Waals surface area contributed by atoms with Crippen molar-refractivity contribution >= 4 is 5.91 Å². The Morgan fingerprint density at radius 2 is 1.78 bits per heavy atom. The summed E-state index contributed by atoms with van der Waals surface area (Å²) in [5, 5.41) is 0. The lowest BCUT2D eigenvalue weighted by Crippen LogP contribution is -2.39. The molecule has 5 heteroatoms. The molecule has 1 rings (SSSR count). The number of likely N-dealkylation sites (N-methyl/N-ethyl adjacent to an activating group) is 1. The van der Waals surface area contributed by atoms with Gasteiger partial charge in [0.05, 0.1) is 21.3 Å². The van der Waals surface area contributed by atoms with Gasteiger partial charge in [0.1, 0.15) is 0 Å². The standard InChI is InChI=1S/C18H27NO4/c1-7-9-15(19(8-2)13(3)20)10-14-11-16(21-4)18(23-6)17(12-14)22-5/h7,11-12,15H,1,8-10H2,2-6H3/t15-/m0/s1. The second-order valence-electron chi connectivity index (χ2n) is 5.22. The Labute approximate surface area is 138 Å². The first kappa shape index (κ1) is 18.9. The Kier molecular flexibility index (Phi) is 7.45. The Morgan fingerprint density at radius 1 is 1.22 bits per heavy atom. The van der Waals surface area contributed by atoms with Crippen LogP contribution in [-0.4, -0.2) is 44.7 Å². The third-order valence-electron chi connectivity index (χ3n) is 3.82. The summed E-state index contributed by atoms with van der Waals surface area (Å²) in [6.07, 6.45) is 3.26. The molecule has 0 aliphatic heterocycles. The third kappa shape index (κ3) is 4.65. The fraction of sp³-hybridized carbons (Fsp3) is 0.500. The highest BCUT2D eigenvalue weighted by Gasteiger charge is 2.21. The average molecular weight is 321 g/mol. The summed E-state index contributed by atoms with van der Waals surface area (Å²) in [4.78, 5) is 13.7. The Hall–Kier alpha value is -2.17. The van der Waals surface area contributed by atoms with E-state index in [-0.39, 0.29) is 11.9 Å². The minimum Gasteiger partial charge on any atom is -0.493 e. The van der Waals surface area contributed by atoms with Crippen LogP contribution in [0.15, 0.2) is 24.8 Å². The second kappa shape index (κ2) is 9.08. The monoisotopic (exact) mass is 321 g/mol. The first-order chi connectivity index (χ1) is 11.0. The maximum absolute atomic E-state index is 11.9. The smallest absolute Gasteiger partial charge is 0.219 e. The highest BCUT2D eigenvalue weighted by atomic mass is 16.5. The first-order valence-corrected chi connectivity index (χ1v) is 7.69. The van der Waals surface area contributed by atoms with Crippen molar-refractivity contribution < 1.29 is 19.0 Å². The molecule has 128 valence electrons. The molecule has 0 bridgehead atoms. The van der Waals surface area contributed by atoms with Crippen molar-refractivity contribution in [2.24, 2.45) is 0 Å². The Bertz CT molecular complexity index is 517. The molecule has 1 amide bonds. The largest absolute Gasteiger partial charge is 0.493 e. The van der Waals surface area contributed by atoms with E-state index in [1.165, 1.54) is 0 Å². The van der Waals surface area contributed by atoms with E-state index in [1.54, 1.807) is 28.3 Å². The van der Waals surface area contributed by atoms with Crippen LogP contribution in [0.5, 0.6) is 17.2 Å². The molecule has 23 heavy (non-hydrogen) atoms. The van der Waals surface area contributed by atoms with E-state index in [9.17, 15) is 4.79 Å². The lowest BCUT2D eigenvalue weighted by molar-refractivity contribution is -0.130. The van der Waals surface area contributed by atoms with Crippen molar-refractivity contribution in [3.63, 3.8) is 0 Å². The van der Waals surface area contributed by atoms with Crippen molar-refractivity contribution in [1.82, 2.24) is 4.90 Å². The minimum atomic E-state index is 0.0535. The molecule has 0 unspecified atom stereocenters. The van der Waals surface area contributed by atoms with Crippen LogP contribution >= 0.6 is 0 Å². The molecule has 0 aliphatic rings. The number of methoxy groups -OCH3 is 3. The molecule has 1 aromatic rings. The predicted molar refractivity (Wildman–Crippen MR) is 91.5 cm³/mol. The zero-order chi connectivity index (χ0) is 17.4. The third-order valence-corrected chi connectivity index (χ3v) is 3.82. The van der Waals surface area contributed by atoms with Crippen LogP contribution in [0.2, 0.25) is 0 Å². The number of hydrogen-bond donors (Lipinski definition) is 0. The van der Waals surface area contributed by atoms with E-state index in [4.69, 9.17) is 14.2 Å². The summed E-state index contributed by atoms with van der Waals surface area (Å²) in [6.45, 7) is 8.04. The van der Waals surface area contributed by atoms with Gasteiger partial charge in [0.25, 0.3) is 0 Å². The molecule has 0 heterocycles. The predicted octanol–water partition coefficient (Wildman–Crippen LogP) is 3.07. The Balaban J connectivity index is 3.17. The molecule has 0 aliphatic carbocycles. The van der Waals surface area contributed by atoms with Crippen molar-refractivity contribution in [2.75, 3.05) is 27.9 Å². The zero-order valence-corrected chi connectivity index (χ0v) is 14.7. The summed E-state index contributed by atoms with van der Waals surface area (Å²) in [5.41, 5.74) is 1.02. The normalized spacial score (nSPS) is 11.5. The quantitative estimate of drug-likeness (QED) is 0.656. The van der Waals surface area contributed by atoms with Crippen LogP contribution in [0.1, 0.15) is 25.8 Å². The van der Waals surface area contributed by atoms with Gasteiger partial charge in [-0.15, -0.1) is 6.58 Å². The van der Waals surface area contributed by atoms with Gasteiger partial charge in [-0.25, -0.2) is 0 Å². The molecular weight excluding hydrogens is 294 g/mol. The summed E-state index contributed by atoms with van der Waals surface area (Å²) >= 11 is 0. The molecule has 0 aromatic heterocycles. The number of hydrogen-bond acceptors (Lipinski definition) is 4. The number of amides is 1. The van der Waals surface area contributed by atoms with Crippen LogP contribution in [0.4, 0.5) is 0 Å². The summed E-state index contributed by atoms with van der Waals surface area (Å²) < 4.78 is 16.1. The van der Waals surface area contributed by atoms with E-state index < -0.39 is 0 Å². The Morgan fingerprint density at radius 3 is 2.13 bits per heavy atom. The van der Waals surface area contributed by atoms with Gasteiger partial charge < -0.3 is 19.1 Å². The van der Waals surface area contributed by atoms with Crippen molar-refractivity contribution in [1.29, 1.82) is 0 Å². The van der Waals surface area contributed by atoms with Crippen molar-refractivity contribution in [3.8, 4) is 17.2 Å². The van der Waals surface area contributed by atoms with Crippen LogP contribution in [0.3, 0.4) is 0 Å². The van der Waals surface area contributed by atoms with Gasteiger partial charge in [0.15, 0.2) is 11.5 Å². The number of nitrogens with zero attached hydrogens (tertiary/aromatic N) is 1. The molecule has 0 fully saturated rings. The fourth-order valence-corrected chi connectivity index (χ4v) is 2.78. The molecule has 0 radical (unpaired) electrons. The SMILES string of the molecule is C=CC[C@@H](Cc1cc(OC)c(OC)c(OC)c1)N(CC)C(C)=O. The lowest BCUT2D eigenvalue weighted by atomic mass is 10.0. The van der Waals surface area contributed by atoms with Crippen molar-refractivity contribution in [3.05, 3.63) is 30.4 Å². The number of benzene rings is 1. The summed E-state index contributed by atoms with van der Waals surface area (Å²) in [5.74, 6) is 1.86. The van der Waals surface area contributed by atoms with Crippen LogP contribution < -0.4 is 14.2 Å². The van der Waals surface area contributed by atoms with Gasteiger partial charge in [-0.05, 0) is 37.5 Å². The van der Waals surface area contributed by atoms with Crippen LogP contribution in [-0.2, 0) is 11.2 Å². The summed E-state index contributed by atoms with van der Waals surface area (Å²) in [6, 6.07) is 3.90.